The van der Waals surface area contributed by atoms with Gasteiger partial charge in [-0.3, -0.25) is 5.32 Å². The predicted molar refractivity (Wildman–Crippen MR) is 56.9 cm³/mol. The van der Waals surface area contributed by atoms with Crippen molar-refractivity contribution in [3.05, 3.63) is 18.7 Å². The minimum absolute atomic E-state index is 0.0551. The van der Waals surface area contributed by atoms with Crippen LogP contribution < -0.4 is 5.32 Å². The van der Waals surface area contributed by atoms with Gasteiger partial charge in [0.2, 0.25) is 5.54 Å². The molecule has 0 saturated carbocycles. The lowest BCUT2D eigenvalue weighted by atomic mass is 10.0. The highest BCUT2D eigenvalue weighted by Crippen LogP contribution is 2.30. The first kappa shape index (κ1) is 14.5. The van der Waals surface area contributed by atoms with Gasteiger partial charge in [0, 0.05) is 18.9 Å². The van der Waals surface area contributed by atoms with E-state index in [0.717, 1.165) is 0 Å². The molecule has 1 rings (SSSR count). The number of nitrogens with zero attached hydrogens (tertiary/aromatic N) is 2. The summed E-state index contributed by atoms with van der Waals surface area (Å²) in [6, 6.07) is 0. The Bertz CT molecular complexity index is 392. The second-order valence-corrected chi connectivity index (χ2v) is 4.01. The molecule has 1 heterocycles. The Balaban J connectivity index is 2.46. The molecule has 0 bridgehead atoms. The Morgan fingerprint density at radius 3 is 2.61 bits per heavy atom. The average Bonchev–Trinajstić information content (AvgIpc) is 2.74. The molecule has 5 nitrogen and oxygen atoms in total. The highest BCUT2D eigenvalue weighted by atomic mass is 19.4. The fourth-order valence-electron chi connectivity index (χ4n) is 1.32. The molecule has 0 spiro atoms. The number of alkyl halides is 3. The number of rotatable bonds is 6. The summed E-state index contributed by atoms with van der Waals surface area (Å²) in [7, 11) is 0. The summed E-state index contributed by atoms with van der Waals surface area (Å²) in [5.41, 5.74) is -2.91. The van der Waals surface area contributed by atoms with Crippen molar-refractivity contribution in [3.63, 3.8) is 0 Å². The number of carboxylic acid groups (broad SMARTS) is 1. The third-order valence-corrected chi connectivity index (χ3v) is 2.63. The second-order valence-electron chi connectivity index (χ2n) is 4.01. The van der Waals surface area contributed by atoms with E-state index in [1.165, 1.54) is 0 Å². The molecule has 0 aliphatic rings. The summed E-state index contributed by atoms with van der Waals surface area (Å²) in [4.78, 5) is 14.5. The van der Waals surface area contributed by atoms with Crippen molar-refractivity contribution in [1.29, 1.82) is 0 Å². The number of halogens is 3. The van der Waals surface area contributed by atoms with Crippen LogP contribution in [0.4, 0.5) is 13.2 Å². The molecular formula is C10H14F3N3O2. The van der Waals surface area contributed by atoms with E-state index in [1.807, 2.05) is 5.32 Å². The number of carboxylic acids is 1. The fraction of sp³-hybridized carbons (Fsp3) is 0.600. The number of carbonyl (C=O) groups is 1. The quantitative estimate of drug-likeness (QED) is 0.760. The number of aryl methyl sites for hydroxylation is 1. The van der Waals surface area contributed by atoms with E-state index in [4.69, 9.17) is 5.11 Å². The van der Waals surface area contributed by atoms with Gasteiger partial charge < -0.3 is 9.67 Å². The van der Waals surface area contributed by atoms with E-state index in [2.05, 4.69) is 4.98 Å². The van der Waals surface area contributed by atoms with Crippen LogP contribution in [0.25, 0.3) is 0 Å². The molecule has 18 heavy (non-hydrogen) atoms. The number of imidazole rings is 1. The number of hydrogen-bond donors (Lipinski definition) is 2. The van der Waals surface area contributed by atoms with Gasteiger partial charge in [0.1, 0.15) is 0 Å². The van der Waals surface area contributed by atoms with Gasteiger partial charge in [-0.2, -0.15) is 13.2 Å². The summed E-state index contributed by atoms with van der Waals surface area (Å²) < 4.78 is 39.5. The van der Waals surface area contributed by atoms with Crippen molar-refractivity contribution in [1.82, 2.24) is 14.9 Å². The van der Waals surface area contributed by atoms with Crippen LogP contribution in [0.1, 0.15) is 13.3 Å². The summed E-state index contributed by atoms with van der Waals surface area (Å²) in [5, 5.41) is 10.7. The fourth-order valence-corrected chi connectivity index (χ4v) is 1.32. The van der Waals surface area contributed by atoms with Crippen molar-refractivity contribution in [2.24, 2.45) is 0 Å². The molecule has 8 heteroatoms. The number of hydrogen-bond acceptors (Lipinski definition) is 3. The maximum absolute atomic E-state index is 12.6. The lowest BCUT2D eigenvalue weighted by Gasteiger charge is -2.28. The Kier molecular flexibility index (Phi) is 4.33. The zero-order valence-electron chi connectivity index (χ0n) is 9.74. The van der Waals surface area contributed by atoms with E-state index in [9.17, 15) is 18.0 Å². The molecule has 1 unspecified atom stereocenters. The van der Waals surface area contributed by atoms with E-state index < -0.39 is 17.7 Å². The molecule has 0 aliphatic carbocycles. The lowest BCUT2D eigenvalue weighted by molar-refractivity contribution is -0.205. The molecule has 0 amide bonds. The van der Waals surface area contributed by atoms with E-state index in [0.29, 0.717) is 19.9 Å². The van der Waals surface area contributed by atoms with Crippen LogP contribution in [-0.4, -0.2) is 38.9 Å². The second kappa shape index (κ2) is 5.38. The van der Waals surface area contributed by atoms with Crippen LogP contribution in [0.15, 0.2) is 18.7 Å². The largest absolute Gasteiger partial charge is 0.480 e. The first-order valence-corrected chi connectivity index (χ1v) is 5.28. The van der Waals surface area contributed by atoms with Crippen molar-refractivity contribution >= 4 is 5.97 Å². The number of nitrogens with one attached hydrogen (secondary N) is 1. The standard InChI is InChI=1S/C10H14F3N3O2/c1-9(8(17)18,10(11,12)13)15-3-2-5-16-6-4-14-7-16/h4,6-7,15H,2-3,5H2,1H3,(H,17,18). The van der Waals surface area contributed by atoms with Gasteiger partial charge in [-0.05, 0) is 19.9 Å². The summed E-state index contributed by atoms with van der Waals surface area (Å²) in [6.07, 6.45) is 0.313. The minimum atomic E-state index is -4.84. The van der Waals surface area contributed by atoms with E-state index in [1.54, 1.807) is 23.3 Å². The van der Waals surface area contributed by atoms with Gasteiger partial charge in [-0.25, -0.2) is 9.78 Å². The zero-order chi connectivity index (χ0) is 13.8. The summed E-state index contributed by atoms with van der Waals surface area (Å²) in [5.74, 6) is -1.93. The van der Waals surface area contributed by atoms with Gasteiger partial charge >= 0.3 is 12.1 Å². The molecule has 0 aromatic carbocycles. The molecule has 0 saturated heterocycles. The normalized spacial score (nSPS) is 15.3. The molecule has 0 aliphatic heterocycles. The van der Waals surface area contributed by atoms with Gasteiger partial charge in [0.25, 0.3) is 0 Å². The Morgan fingerprint density at radius 1 is 1.50 bits per heavy atom. The number of aliphatic carboxylic acids is 1. The highest BCUT2D eigenvalue weighted by molar-refractivity contribution is 5.79. The first-order chi connectivity index (χ1) is 8.27. The molecule has 1 aromatic rings. The molecule has 102 valence electrons. The topological polar surface area (TPSA) is 67.2 Å². The molecular weight excluding hydrogens is 251 g/mol. The maximum Gasteiger partial charge on any atom is 0.417 e. The summed E-state index contributed by atoms with van der Waals surface area (Å²) >= 11 is 0. The average molecular weight is 265 g/mol. The zero-order valence-corrected chi connectivity index (χ0v) is 9.74. The highest BCUT2D eigenvalue weighted by Gasteiger charge is 2.56. The smallest absolute Gasteiger partial charge is 0.417 e. The van der Waals surface area contributed by atoms with Crippen LogP contribution in [0.5, 0.6) is 0 Å². The van der Waals surface area contributed by atoms with Crippen LogP contribution in [0.2, 0.25) is 0 Å². The minimum Gasteiger partial charge on any atom is -0.480 e. The molecule has 0 radical (unpaired) electrons. The molecule has 0 fully saturated rings. The monoisotopic (exact) mass is 265 g/mol. The van der Waals surface area contributed by atoms with Crippen molar-refractivity contribution in [2.45, 2.75) is 31.6 Å². The van der Waals surface area contributed by atoms with Crippen LogP contribution in [0.3, 0.4) is 0 Å². The Labute approximate surface area is 102 Å². The van der Waals surface area contributed by atoms with Crippen molar-refractivity contribution in [2.75, 3.05) is 6.54 Å². The first-order valence-electron chi connectivity index (χ1n) is 5.28. The van der Waals surface area contributed by atoms with Gasteiger partial charge in [-0.1, -0.05) is 0 Å². The SMILES string of the molecule is CC(NCCCn1ccnc1)(C(=O)O)C(F)(F)F. The third kappa shape index (κ3) is 3.22. The predicted octanol–water partition coefficient (Wildman–Crippen LogP) is 1.27. The molecule has 1 aromatic heterocycles. The van der Waals surface area contributed by atoms with Crippen molar-refractivity contribution in [3.8, 4) is 0 Å². The van der Waals surface area contributed by atoms with Crippen molar-refractivity contribution < 1.29 is 23.1 Å². The van der Waals surface area contributed by atoms with E-state index >= 15 is 0 Å². The van der Waals surface area contributed by atoms with Crippen LogP contribution in [-0.2, 0) is 11.3 Å². The van der Waals surface area contributed by atoms with Gasteiger partial charge in [-0.15, -0.1) is 0 Å². The van der Waals surface area contributed by atoms with Gasteiger partial charge in [0.15, 0.2) is 0 Å². The van der Waals surface area contributed by atoms with Crippen LogP contribution >= 0.6 is 0 Å². The van der Waals surface area contributed by atoms with Gasteiger partial charge in [0.05, 0.1) is 6.33 Å². The number of aromatic nitrogens is 2. The lowest BCUT2D eigenvalue weighted by Crippen LogP contribution is -2.60. The Hall–Kier alpha value is -1.57. The van der Waals surface area contributed by atoms with E-state index in [-0.39, 0.29) is 6.54 Å². The summed E-state index contributed by atoms with van der Waals surface area (Å²) in [6.45, 7) is 1.04. The Morgan fingerprint density at radius 2 is 2.17 bits per heavy atom. The molecule has 1 atom stereocenters. The maximum atomic E-state index is 12.6. The van der Waals surface area contributed by atoms with Crippen LogP contribution in [0, 0.1) is 0 Å². The molecule has 2 N–H and O–H groups in total. The third-order valence-electron chi connectivity index (χ3n) is 2.63.